The lowest BCUT2D eigenvalue weighted by Crippen LogP contribution is -2.33. The van der Waals surface area contributed by atoms with Crippen molar-refractivity contribution in [3.63, 3.8) is 0 Å². The Morgan fingerprint density at radius 3 is 3.00 bits per heavy atom. The van der Waals surface area contributed by atoms with E-state index >= 15 is 0 Å². The summed E-state index contributed by atoms with van der Waals surface area (Å²) >= 11 is 0. The summed E-state index contributed by atoms with van der Waals surface area (Å²) in [5.41, 5.74) is 2.42. The zero-order chi connectivity index (χ0) is 13.8. The number of rotatable bonds is 4. The molecular formula is C10H10N6O3. The van der Waals surface area contributed by atoms with E-state index in [1.54, 1.807) is 12.1 Å². The number of nitro benzene ring substituents is 1. The van der Waals surface area contributed by atoms with Crippen molar-refractivity contribution in [3.8, 4) is 11.4 Å². The number of nitro groups is 1. The van der Waals surface area contributed by atoms with Gasteiger partial charge in [-0.2, -0.15) is 5.10 Å². The van der Waals surface area contributed by atoms with E-state index in [1.807, 2.05) is 5.43 Å². The summed E-state index contributed by atoms with van der Waals surface area (Å²) in [5, 5.41) is 14.7. The van der Waals surface area contributed by atoms with Crippen molar-refractivity contribution in [3.05, 3.63) is 40.7 Å². The molecule has 2 rings (SSSR count). The SMILES string of the molecule is NNC(=O)Cn1cnc(-c2cccc([N+](=O)[O-])c2)n1. The molecule has 0 spiro atoms. The molecule has 2 aromatic rings. The van der Waals surface area contributed by atoms with E-state index in [4.69, 9.17) is 5.84 Å². The lowest BCUT2D eigenvalue weighted by atomic mass is 10.2. The van der Waals surface area contributed by atoms with Crippen LogP contribution in [0.1, 0.15) is 0 Å². The number of benzene rings is 1. The summed E-state index contributed by atoms with van der Waals surface area (Å²) in [6.07, 6.45) is 1.35. The summed E-state index contributed by atoms with van der Waals surface area (Å²) < 4.78 is 1.29. The van der Waals surface area contributed by atoms with Gasteiger partial charge in [0.15, 0.2) is 5.82 Å². The molecule has 9 heteroatoms. The highest BCUT2D eigenvalue weighted by atomic mass is 16.6. The molecule has 1 aromatic heterocycles. The molecule has 0 bridgehead atoms. The third-order valence-electron chi connectivity index (χ3n) is 2.32. The summed E-state index contributed by atoms with van der Waals surface area (Å²) in [5.74, 6) is 4.83. The second-order valence-electron chi connectivity index (χ2n) is 3.64. The Morgan fingerprint density at radius 2 is 2.32 bits per heavy atom. The minimum absolute atomic E-state index is 0.0476. The van der Waals surface area contributed by atoms with Crippen LogP contribution in [0.5, 0.6) is 0 Å². The van der Waals surface area contributed by atoms with Gasteiger partial charge in [0, 0.05) is 17.7 Å². The Hall–Kier alpha value is -2.81. The van der Waals surface area contributed by atoms with Crippen molar-refractivity contribution in [2.45, 2.75) is 6.54 Å². The van der Waals surface area contributed by atoms with Gasteiger partial charge in [-0.15, -0.1) is 0 Å². The van der Waals surface area contributed by atoms with Gasteiger partial charge in [0.05, 0.1) is 4.92 Å². The number of nitrogens with one attached hydrogen (secondary N) is 1. The number of carbonyl (C=O) groups is 1. The predicted molar refractivity (Wildman–Crippen MR) is 64.4 cm³/mol. The minimum Gasteiger partial charge on any atom is -0.293 e. The van der Waals surface area contributed by atoms with Gasteiger partial charge in [0.25, 0.3) is 11.6 Å². The fourth-order valence-electron chi connectivity index (χ4n) is 1.45. The van der Waals surface area contributed by atoms with E-state index in [0.29, 0.717) is 11.4 Å². The number of nitrogens with zero attached hydrogens (tertiary/aromatic N) is 4. The molecule has 0 saturated carbocycles. The van der Waals surface area contributed by atoms with Crippen LogP contribution in [0.25, 0.3) is 11.4 Å². The van der Waals surface area contributed by atoms with Crippen LogP contribution in [0.3, 0.4) is 0 Å². The summed E-state index contributed by atoms with van der Waals surface area (Å²) in [6, 6.07) is 5.93. The smallest absolute Gasteiger partial charge is 0.270 e. The molecule has 0 aliphatic heterocycles. The van der Waals surface area contributed by atoms with Crippen molar-refractivity contribution >= 4 is 11.6 Å². The topological polar surface area (TPSA) is 129 Å². The zero-order valence-electron chi connectivity index (χ0n) is 9.68. The lowest BCUT2D eigenvalue weighted by Gasteiger charge is -1.98. The van der Waals surface area contributed by atoms with Gasteiger partial charge in [0.1, 0.15) is 12.9 Å². The van der Waals surface area contributed by atoms with E-state index in [1.165, 1.54) is 23.1 Å². The van der Waals surface area contributed by atoms with Gasteiger partial charge < -0.3 is 0 Å². The maximum atomic E-state index is 11.1. The van der Waals surface area contributed by atoms with Gasteiger partial charge in [-0.3, -0.25) is 20.3 Å². The van der Waals surface area contributed by atoms with Crippen LogP contribution in [0, 0.1) is 10.1 Å². The van der Waals surface area contributed by atoms with Gasteiger partial charge >= 0.3 is 0 Å². The molecule has 98 valence electrons. The molecule has 0 aliphatic rings. The van der Waals surface area contributed by atoms with Crippen molar-refractivity contribution in [2.75, 3.05) is 0 Å². The second-order valence-corrected chi connectivity index (χ2v) is 3.64. The Kier molecular flexibility index (Phi) is 3.48. The predicted octanol–water partition coefficient (Wildman–Crippen LogP) is -0.157. The Bertz CT molecular complexity index is 623. The van der Waals surface area contributed by atoms with Crippen LogP contribution in [-0.4, -0.2) is 25.6 Å². The number of hydrogen-bond acceptors (Lipinski definition) is 6. The molecule has 1 aromatic carbocycles. The van der Waals surface area contributed by atoms with Crippen molar-refractivity contribution in [2.24, 2.45) is 5.84 Å². The molecule has 0 saturated heterocycles. The molecular weight excluding hydrogens is 252 g/mol. The molecule has 1 heterocycles. The van der Waals surface area contributed by atoms with Crippen LogP contribution in [0.2, 0.25) is 0 Å². The van der Waals surface area contributed by atoms with E-state index in [2.05, 4.69) is 10.1 Å². The van der Waals surface area contributed by atoms with Crippen LogP contribution in [0.15, 0.2) is 30.6 Å². The Labute approximate surface area is 107 Å². The quantitative estimate of drug-likeness (QED) is 0.341. The van der Waals surface area contributed by atoms with Crippen molar-refractivity contribution in [1.82, 2.24) is 20.2 Å². The molecule has 0 unspecified atom stereocenters. The third-order valence-corrected chi connectivity index (χ3v) is 2.32. The number of hydrazine groups is 1. The molecule has 1 amide bonds. The maximum Gasteiger partial charge on any atom is 0.270 e. The van der Waals surface area contributed by atoms with Crippen LogP contribution >= 0.6 is 0 Å². The average Bonchev–Trinajstić information content (AvgIpc) is 2.87. The summed E-state index contributed by atoms with van der Waals surface area (Å²) in [7, 11) is 0. The zero-order valence-corrected chi connectivity index (χ0v) is 9.68. The number of hydrogen-bond donors (Lipinski definition) is 2. The van der Waals surface area contributed by atoms with E-state index in [-0.39, 0.29) is 12.2 Å². The molecule has 0 aliphatic carbocycles. The number of aromatic nitrogens is 3. The first-order chi connectivity index (χ1) is 9.10. The van der Waals surface area contributed by atoms with Crippen molar-refractivity contribution < 1.29 is 9.72 Å². The molecule has 9 nitrogen and oxygen atoms in total. The molecule has 3 N–H and O–H groups in total. The minimum atomic E-state index is -0.498. The van der Waals surface area contributed by atoms with Gasteiger partial charge in [-0.25, -0.2) is 15.5 Å². The molecule has 0 radical (unpaired) electrons. The maximum absolute atomic E-state index is 11.1. The van der Waals surface area contributed by atoms with Gasteiger partial charge in [-0.05, 0) is 0 Å². The van der Waals surface area contributed by atoms with Gasteiger partial charge in [-0.1, -0.05) is 12.1 Å². The van der Waals surface area contributed by atoms with E-state index in [9.17, 15) is 14.9 Å². The monoisotopic (exact) mass is 262 g/mol. The van der Waals surface area contributed by atoms with Crippen LogP contribution < -0.4 is 11.3 Å². The fourth-order valence-corrected chi connectivity index (χ4v) is 1.45. The number of non-ortho nitro benzene ring substituents is 1. The number of carbonyl (C=O) groups excluding carboxylic acids is 1. The normalized spacial score (nSPS) is 10.2. The third kappa shape index (κ3) is 2.90. The van der Waals surface area contributed by atoms with Crippen molar-refractivity contribution in [1.29, 1.82) is 0 Å². The standard InChI is InChI=1S/C10H10N6O3/c11-13-9(17)5-15-6-12-10(14-15)7-2-1-3-8(4-7)16(18)19/h1-4,6H,5,11H2,(H,13,17). The Morgan fingerprint density at radius 1 is 1.53 bits per heavy atom. The lowest BCUT2D eigenvalue weighted by molar-refractivity contribution is -0.384. The first-order valence-corrected chi connectivity index (χ1v) is 5.24. The highest BCUT2D eigenvalue weighted by Gasteiger charge is 2.11. The van der Waals surface area contributed by atoms with Crippen LogP contribution in [0.4, 0.5) is 5.69 Å². The molecule has 0 atom stereocenters. The number of nitrogens with two attached hydrogens (primary N) is 1. The highest BCUT2D eigenvalue weighted by molar-refractivity contribution is 5.74. The Balaban J connectivity index is 2.25. The first-order valence-electron chi connectivity index (χ1n) is 5.24. The number of amides is 1. The van der Waals surface area contributed by atoms with E-state index < -0.39 is 10.8 Å². The van der Waals surface area contributed by atoms with Crippen LogP contribution in [-0.2, 0) is 11.3 Å². The summed E-state index contributed by atoms with van der Waals surface area (Å²) in [4.78, 5) is 25.2. The second kappa shape index (κ2) is 5.23. The largest absolute Gasteiger partial charge is 0.293 e. The molecule has 0 fully saturated rings. The molecule has 19 heavy (non-hydrogen) atoms. The van der Waals surface area contributed by atoms with E-state index in [0.717, 1.165) is 0 Å². The average molecular weight is 262 g/mol. The fraction of sp³-hybridized carbons (Fsp3) is 0.100. The van der Waals surface area contributed by atoms with Gasteiger partial charge in [0.2, 0.25) is 0 Å². The summed E-state index contributed by atoms with van der Waals surface area (Å²) in [6.45, 7) is -0.0710. The first kappa shape index (κ1) is 12.6. The highest BCUT2D eigenvalue weighted by Crippen LogP contribution is 2.20.